The first-order valence-corrected chi connectivity index (χ1v) is 9.54. The molecule has 9 heteroatoms. The third-order valence-corrected chi connectivity index (χ3v) is 5.42. The Morgan fingerprint density at radius 2 is 2.11 bits per heavy atom. The molecule has 1 saturated heterocycles. The molecular formula is C19H18BrF4N3O. The van der Waals surface area contributed by atoms with Crippen LogP contribution in [0.25, 0.3) is 0 Å². The number of carbonyl (C=O) groups is 1. The van der Waals surface area contributed by atoms with Gasteiger partial charge in [-0.05, 0) is 48.7 Å². The predicted octanol–water partition coefficient (Wildman–Crippen LogP) is 4.53. The van der Waals surface area contributed by atoms with Crippen LogP contribution < -0.4 is 10.2 Å². The highest BCUT2D eigenvalue weighted by Crippen LogP contribution is 2.36. The Labute approximate surface area is 168 Å². The number of piperidine rings is 1. The number of nitrogens with zero attached hydrogens (tertiary/aromatic N) is 2. The van der Waals surface area contributed by atoms with Crippen LogP contribution in [-0.4, -0.2) is 24.0 Å². The molecule has 0 spiro atoms. The van der Waals surface area contributed by atoms with Crippen LogP contribution in [0, 0.1) is 11.7 Å². The lowest BCUT2D eigenvalue weighted by molar-refractivity contribution is -0.137. The van der Waals surface area contributed by atoms with Gasteiger partial charge in [-0.15, -0.1) is 0 Å². The smallest absolute Gasteiger partial charge is 0.355 e. The van der Waals surface area contributed by atoms with Crippen LogP contribution in [-0.2, 0) is 17.5 Å². The fourth-order valence-electron chi connectivity index (χ4n) is 3.26. The Balaban J connectivity index is 1.68. The molecule has 2 aromatic rings. The van der Waals surface area contributed by atoms with Crippen molar-refractivity contribution in [3.63, 3.8) is 0 Å². The third kappa shape index (κ3) is 4.81. The van der Waals surface area contributed by atoms with Crippen molar-refractivity contribution in [3.05, 3.63) is 57.9 Å². The van der Waals surface area contributed by atoms with Crippen molar-refractivity contribution in [3.8, 4) is 0 Å². The van der Waals surface area contributed by atoms with Gasteiger partial charge in [0, 0.05) is 30.3 Å². The van der Waals surface area contributed by atoms with Gasteiger partial charge in [0.15, 0.2) is 0 Å². The molecule has 1 atom stereocenters. The van der Waals surface area contributed by atoms with Crippen molar-refractivity contribution in [2.45, 2.75) is 25.6 Å². The van der Waals surface area contributed by atoms with Crippen LogP contribution in [0.15, 0.2) is 41.0 Å². The number of alkyl halides is 3. The summed E-state index contributed by atoms with van der Waals surface area (Å²) in [5.74, 6) is -1.30. The van der Waals surface area contributed by atoms with Gasteiger partial charge < -0.3 is 10.2 Å². The zero-order valence-corrected chi connectivity index (χ0v) is 16.4. The summed E-state index contributed by atoms with van der Waals surface area (Å²) < 4.78 is 53.8. The highest BCUT2D eigenvalue weighted by molar-refractivity contribution is 9.10. The Hall–Kier alpha value is -2.16. The number of nitrogens with one attached hydrogen (secondary N) is 1. The molecule has 0 bridgehead atoms. The van der Waals surface area contributed by atoms with Crippen LogP contribution >= 0.6 is 15.9 Å². The number of pyridine rings is 1. The number of halogens is 5. The van der Waals surface area contributed by atoms with Crippen LogP contribution in [0.5, 0.6) is 0 Å². The van der Waals surface area contributed by atoms with E-state index in [1.54, 1.807) is 6.07 Å². The fraction of sp³-hybridized carbons (Fsp3) is 0.368. The molecule has 1 aliphatic heterocycles. The van der Waals surface area contributed by atoms with Crippen molar-refractivity contribution in [2.24, 2.45) is 5.92 Å². The minimum Gasteiger partial charge on any atom is -0.355 e. The zero-order valence-electron chi connectivity index (χ0n) is 14.8. The van der Waals surface area contributed by atoms with Crippen molar-refractivity contribution < 1.29 is 22.4 Å². The zero-order chi connectivity index (χ0) is 20.3. The van der Waals surface area contributed by atoms with Crippen molar-refractivity contribution in [2.75, 3.05) is 18.0 Å². The lowest BCUT2D eigenvalue weighted by Gasteiger charge is -2.34. The molecule has 1 aromatic carbocycles. The van der Waals surface area contributed by atoms with Crippen LogP contribution in [0.4, 0.5) is 23.4 Å². The first kappa shape index (κ1) is 20.6. The first-order chi connectivity index (χ1) is 13.3. The van der Waals surface area contributed by atoms with Gasteiger partial charge >= 0.3 is 6.18 Å². The molecule has 1 fully saturated rings. The van der Waals surface area contributed by atoms with Gasteiger partial charge in [-0.25, -0.2) is 9.37 Å². The highest BCUT2D eigenvalue weighted by Gasteiger charge is 2.37. The van der Waals surface area contributed by atoms with Gasteiger partial charge in [-0.2, -0.15) is 13.2 Å². The minimum atomic E-state index is -4.51. The second-order valence-electron chi connectivity index (χ2n) is 6.61. The van der Waals surface area contributed by atoms with Crippen LogP contribution in [0.2, 0.25) is 0 Å². The fourth-order valence-corrected chi connectivity index (χ4v) is 3.65. The van der Waals surface area contributed by atoms with Crippen LogP contribution in [0.3, 0.4) is 0 Å². The molecule has 0 aliphatic carbocycles. The minimum absolute atomic E-state index is 0.130. The average molecular weight is 460 g/mol. The summed E-state index contributed by atoms with van der Waals surface area (Å²) in [4.78, 5) is 17.9. The molecule has 2 heterocycles. The third-order valence-electron chi connectivity index (χ3n) is 4.64. The van der Waals surface area contributed by atoms with E-state index in [0.29, 0.717) is 29.4 Å². The Kier molecular flexibility index (Phi) is 6.22. The Morgan fingerprint density at radius 1 is 1.32 bits per heavy atom. The summed E-state index contributed by atoms with van der Waals surface area (Å²) in [7, 11) is 0. The molecule has 1 aliphatic rings. The maximum atomic E-state index is 13.4. The van der Waals surface area contributed by atoms with Crippen molar-refractivity contribution in [1.82, 2.24) is 10.3 Å². The van der Waals surface area contributed by atoms with Crippen molar-refractivity contribution >= 4 is 27.7 Å². The van der Waals surface area contributed by atoms with E-state index in [1.165, 1.54) is 29.3 Å². The second kappa shape index (κ2) is 8.46. The number of carbonyl (C=O) groups excluding carboxylic acids is 1. The quantitative estimate of drug-likeness (QED) is 0.682. The molecular weight excluding hydrogens is 442 g/mol. The van der Waals surface area contributed by atoms with Gasteiger partial charge in [-0.1, -0.05) is 15.9 Å². The predicted molar refractivity (Wildman–Crippen MR) is 100 cm³/mol. The topological polar surface area (TPSA) is 45.2 Å². The number of hydrogen-bond acceptors (Lipinski definition) is 3. The summed E-state index contributed by atoms with van der Waals surface area (Å²) in [6, 6.07) is 6.42. The SMILES string of the molecule is O=C(NCc1cc(F)ccc1Br)C1CCCN(c2ncccc2C(F)(F)F)C1. The largest absolute Gasteiger partial charge is 0.419 e. The first-order valence-electron chi connectivity index (χ1n) is 8.74. The molecule has 1 amide bonds. The lowest BCUT2D eigenvalue weighted by atomic mass is 9.96. The molecule has 0 saturated carbocycles. The van der Waals surface area contributed by atoms with Crippen LogP contribution in [0.1, 0.15) is 24.0 Å². The Bertz CT molecular complexity index is 859. The maximum Gasteiger partial charge on any atom is 0.419 e. The molecule has 1 N–H and O–H groups in total. The summed E-state index contributed by atoms with van der Waals surface area (Å²) >= 11 is 3.30. The summed E-state index contributed by atoms with van der Waals surface area (Å²) in [6.45, 7) is 0.681. The van der Waals surface area contributed by atoms with Gasteiger partial charge in [0.2, 0.25) is 5.91 Å². The molecule has 3 rings (SSSR count). The number of benzene rings is 1. The van der Waals surface area contributed by atoms with Gasteiger partial charge in [0.1, 0.15) is 11.6 Å². The maximum absolute atomic E-state index is 13.4. The number of aromatic nitrogens is 1. The van der Waals surface area contributed by atoms with Crippen molar-refractivity contribution in [1.29, 1.82) is 0 Å². The van der Waals surface area contributed by atoms with E-state index >= 15 is 0 Å². The standard InChI is InChI=1S/C19H18BrF4N3O/c20-16-6-5-14(21)9-13(16)10-26-18(28)12-3-2-8-27(11-12)17-15(19(22,23)24)4-1-7-25-17/h1,4-7,9,12H,2-3,8,10-11H2,(H,26,28). The number of rotatable bonds is 4. The monoisotopic (exact) mass is 459 g/mol. The number of anilines is 1. The van der Waals surface area contributed by atoms with E-state index in [0.717, 1.165) is 6.07 Å². The highest BCUT2D eigenvalue weighted by atomic mass is 79.9. The summed E-state index contributed by atoms with van der Waals surface area (Å²) in [5.41, 5.74) is -0.218. The molecule has 28 heavy (non-hydrogen) atoms. The summed E-state index contributed by atoms with van der Waals surface area (Å²) in [5, 5.41) is 2.75. The Morgan fingerprint density at radius 3 is 2.86 bits per heavy atom. The second-order valence-corrected chi connectivity index (χ2v) is 7.47. The number of hydrogen-bond donors (Lipinski definition) is 1. The van der Waals surface area contributed by atoms with E-state index in [-0.39, 0.29) is 24.8 Å². The van der Waals surface area contributed by atoms with Gasteiger partial charge in [-0.3, -0.25) is 4.79 Å². The van der Waals surface area contributed by atoms with E-state index in [2.05, 4.69) is 26.2 Å². The lowest BCUT2D eigenvalue weighted by Crippen LogP contribution is -2.43. The van der Waals surface area contributed by atoms with E-state index in [4.69, 9.17) is 0 Å². The number of amides is 1. The normalized spacial score (nSPS) is 17.5. The van der Waals surface area contributed by atoms with Gasteiger partial charge in [0.25, 0.3) is 0 Å². The molecule has 0 radical (unpaired) electrons. The molecule has 1 aromatic heterocycles. The van der Waals surface area contributed by atoms with E-state index < -0.39 is 23.5 Å². The molecule has 4 nitrogen and oxygen atoms in total. The summed E-state index contributed by atoms with van der Waals surface area (Å²) in [6.07, 6.45) is -2.05. The average Bonchev–Trinajstić information content (AvgIpc) is 2.68. The van der Waals surface area contributed by atoms with E-state index in [9.17, 15) is 22.4 Å². The molecule has 150 valence electrons. The molecule has 1 unspecified atom stereocenters. The van der Waals surface area contributed by atoms with Gasteiger partial charge in [0.05, 0.1) is 11.5 Å². The van der Waals surface area contributed by atoms with E-state index in [1.807, 2.05) is 0 Å².